The van der Waals surface area contributed by atoms with Gasteiger partial charge in [0.1, 0.15) is 0 Å². The second-order valence-corrected chi connectivity index (χ2v) is 3.34. The molecule has 1 aromatic heterocycles. The molecule has 78 valence electrons. The third-order valence-corrected chi connectivity index (χ3v) is 2.55. The molecule has 5 heteroatoms. The first-order valence-corrected chi connectivity index (χ1v) is 4.40. The van der Waals surface area contributed by atoms with E-state index in [1.165, 1.54) is 12.7 Å². The average molecular weight is 217 g/mol. The Morgan fingerprint density at radius 1 is 1.71 bits per heavy atom. The van der Waals surface area contributed by atoms with Gasteiger partial charge in [0.25, 0.3) is 0 Å². The summed E-state index contributed by atoms with van der Waals surface area (Å²) < 4.78 is 4.71. The third kappa shape index (κ3) is 1.90. The molecule has 1 aliphatic rings. The lowest BCUT2D eigenvalue weighted by atomic mass is 9.88. The highest BCUT2D eigenvalue weighted by Crippen LogP contribution is 2.24. The zero-order valence-corrected chi connectivity index (χ0v) is 8.76. The fourth-order valence-electron chi connectivity index (χ4n) is 1.78. The van der Waals surface area contributed by atoms with Crippen molar-refractivity contribution in [2.45, 2.75) is 19.3 Å². The lowest BCUT2D eigenvalue weighted by Gasteiger charge is -2.18. The van der Waals surface area contributed by atoms with Crippen molar-refractivity contribution < 1.29 is 9.53 Å². The van der Waals surface area contributed by atoms with Crippen molar-refractivity contribution in [3.63, 3.8) is 0 Å². The van der Waals surface area contributed by atoms with Gasteiger partial charge in [0.05, 0.1) is 19.2 Å². The van der Waals surface area contributed by atoms with E-state index >= 15 is 0 Å². The number of aryl methyl sites for hydroxylation is 1. The molecular formula is C9H13ClN2O2. The highest BCUT2D eigenvalue weighted by Gasteiger charge is 2.26. The number of aromatic nitrogens is 2. The van der Waals surface area contributed by atoms with Crippen LogP contribution in [0.15, 0.2) is 6.20 Å². The van der Waals surface area contributed by atoms with E-state index in [1.54, 1.807) is 0 Å². The van der Waals surface area contributed by atoms with E-state index in [0.29, 0.717) is 0 Å². The summed E-state index contributed by atoms with van der Waals surface area (Å²) in [5.41, 5.74) is 2.32. The first-order valence-electron chi connectivity index (χ1n) is 4.40. The number of rotatable bonds is 1. The molecule has 0 saturated carbocycles. The second kappa shape index (κ2) is 4.46. The zero-order chi connectivity index (χ0) is 9.26. The molecule has 0 saturated heterocycles. The van der Waals surface area contributed by atoms with Gasteiger partial charge in [0.15, 0.2) is 0 Å². The summed E-state index contributed by atoms with van der Waals surface area (Å²) in [6.07, 6.45) is 4.37. The van der Waals surface area contributed by atoms with Crippen molar-refractivity contribution in [2.75, 3.05) is 7.11 Å². The maximum Gasteiger partial charge on any atom is 0.309 e. The summed E-state index contributed by atoms with van der Waals surface area (Å²) in [6.45, 7) is 0. The van der Waals surface area contributed by atoms with Gasteiger partial charge in [-0.3, -0.25) is 9.89 Å². The average Bonchev–Trinajstić information content (AvgIpc) is 2.63. The Hall–Kier alpha value is -1.03. The molecule has 0 bridgehead atoms. The monoisotopic (exact) mass is 216 g/mol. The molecule has 1 aliphatic carbocycles. The van der Waals surface area contributed by atoms with Crippen LogP contribution >= 0.6 is 12.4 Å². The number of halogens is 1. The number of carbonyl (C=O) groups is 1. The highest BCUT2D eigenvalue weighted by molar-refractivity contribution is 5.85. The predicted octanol–water partition coefficient (Wildman–Crippen LogP) is 1.11. The van der Waals surface area contributed by atoms with Crippen LogP contribution in [0.2, 0.25) is 0 Å². The minimum atomic E-state index is -0.111. The van der Waals surface area contributed by atoms with E-state index in [1.807, 2.05) is 6.20 Å². The molecule has 1 atom stereocenters. The number of nitrogens with zero attached hydrogens (tertiary/aromatic N) is 1. The maximum absolute atomic E-state index is 11.2. The van der Waals surface area contributed by atoms with E-state index in [0.717, 1.165) is 25.0 Å². The molecule has 1 heterocycles. The minimum absolute atomic E-state index is 0. The van der Waals surface area contributed by atoms with Crippen LogP contribution < -0.4 is 0 Å². The summed E-state index contributed by atoms with van der Waals surface area (Å²) >= 11 is 0. The number of H-pyrrole nitrogens is 1. The van der Waals surface area contributed by atoms with Gasteiger partial charge in [-0.1, -0.05) is 0 Å². The Balaban J connectivity index is 0.000000980. The number of nitrogens with one attached hydrogen (secondary N) is 1. The summed E-state index contributed by atoms with van der Waals surface area (Å²) in [5, 5.41) is 6.86. The fraction of sp³-hybridized carbons (Fsp3) is 0.556. The van der Waals surface area contributed by atoms with Crippen molar-refractivity contribution >= 4 is 18.4 Å². The second-order valence-electron chi connectivity index (χ2n) is 3.34. The van der Waals surface area contributed by atoms with E-state index in [-0.39, 0.29) is 24.3 Å². The van der Waals surface area contributed by atoms with Crippen LogP contribution in [0.3, 0.4) is 0 Å². The van der Waals surface area contributed by atoms with Crippen molar-refractivity contribution in [2.24, 2.45) is 5.92 Å². The van der Waals surface area contributed by atoms with Gasteiger partial charge in [-0.15, -0.1) is 12.4 Å². The molecule has 4 nitrogen and oxygen atoms in total. The molecule has 0 spiro atoms. The molecule has 0 aromatic carbocycles. The van der Waals surface area contributed by atoms with E-state index in [4.69, 9.17) is 4.74 Å². The Morgan fingerprint density at radius 2 is 2.50 bits per heavy atom. The normalized spacial score (nSPS) is 19.4. The number of esters is 1. The molecule has 1 N–H and O–H groups in total. The molecule has 0 radical (unpaired) electrons. The topological polar surface area (TPSA) is 55.0 Å². The molecule has 1 aromatic rings. The SMILES string of the molecule is COC(=O)C1CCc2cn[nH]c2C1.Cl. The number of hydrogen-bond donors (Lipinski definition) is 1. The van der Waals surface area contributed by atoms with Crippen molar-refractivity contribution in [1.29, 1.82) is 0 Å². The van der Waals surface area contributed by atoms with Crippen LogP contribution in [-0.2, 0) is 22.4 Å². The molecule has 0 aliphatic heterocycles. The Labute approximate surface area is 88.4 Å². The first kappa shape index (κ1) is 11.0. The quantitative estimate of drug-likeness (QED) is 0.716. The van der Waals surface area contributed by atoms with Gasteiger partial charge in [-0.25, -0.2) is 0 Å². The van der Waals surface area contributed by atoms with Crippen LogP contribution in [-0.4, -0.2) is 23.3 Å². The number of fused-ring (bicyclic) bond motifs is 1. The van der Waals surface area contributed by atoms with Gasteiger partial charge < -0.3 is 4.74 Å². The minimum Gasteiger partial charge on any atom is -0.469 e. The largest absolute Gasteiger partial charge is 0.469 e. The number of methoxy groups -OCH3 is 1. The molecule has 2 rings (SSSR count). The van der Waals surface area contributed by atoms with Crippen molar-refractivity contribution in [3.8, 4) is 0 Å². The lowest BCUT2D eigenvalue weighted by molar-refractivity contribution is -0.145. The van der Waals surface area contributed by atoms with Crippen LogP contribution in [0.25, 0.3) is 0 Å². The molecule has 1 unspecified atom stereocenters. The molecule has 0 amide bonds. The van der Waals surface area contributed by atoms with Crippen molar-refractivity contribution in [1.82, 2.24) is 10.2 Å². The summed E-state index contributed by atoms with van der Waals surface area (Å²) in [5.74, 6) is -0.0989. The number of carbonyl (C=O) groups excluding carboxylic acids is 1. The highest BCUT2D eigenvalue weighted by atomic mass is 35.5. The van der Waals surface area contributed by atoms with Crippen molar-refractivity contribution in [3.05, 3.63) is 17.5 Å². The molecular weight excluding hydrogens is 204 g/mol. The predicted molar refractivity (Wildman–Crippen MR) is 53.4 cm³/mol. The van der Waals surface area contributed by atoms with E-state index in [2.05, 4.69) is 10.2 Å². The molecule has 0 fully saturated rings. The number of ether oxygens (including phenoxy) is 1. The van der Waals surface area contributed by atoms with Gasteiger partial charge in [0.2, 0.25) is 0 Å². The Bertz CT molecular complexity index is 324. The fourth-order valence-corrected chi connectivity index (χ4v) is 1.78. The maximum atomic E-state index is 11.2. The smallest absolute Gasteiger partial charge is 0.309 e. The summed E-state index contributed by atoms with van der Waals surface area (Å²) in [7, 11) is 1.44. The van der Waals surface area contributed by atoms with E-state index < -0.39 is 0 Å². The van der Waals surface area contributed by atoms with Gasteiger partial charge in [0, 0.05) is 12.1 Å². The van der Waals surface area contributed by atoms with Crippen LogP contribution in [0, 0.1) is 5.92 Å². The van der Waals surface area contributed by atoms with Crippen LogP contribution in [0.5, 0.6) is 0 Å². The standard InChI is InChI=1S/C9H12N2O2.ClH/c1-13-9(12)6-2-3-7-5-10-11-8(7)4-6;/h5-6H,2-4H2,1H3,(H,10,11);1H. The number of hydrogen-bond acceptors (Lipinski definition) is 3. The summed E-state index contributed by atoms with van der Waals surface area (Å²) in [4.78, 5) is 11.2. The Morgan fingerprint density at radius 3 is 3.21 bits per heavy atom. The van der Waals surface area contributed by atoms with Gasteiger partial charge in [-0.2, -0.15) is 5.10 Å². The first-order chi connectivity index (χ1) is 6.31. The lowest BCUT2D eigenvalue weighted by Crippen LogP contribution is -2.23. The van der Waals surface area contributed by atoms with Gasteiger partial charge >= 0.3 is 5.97 Å². The van der Waals surface area contributed by atoms with Crippen LogP contribution in [0.4, 0.5) is 0 Å². The third-order valence-electron chi connectivity index (χ3n) is 2.55. The van der Waals surface area contributed by atoms with Crippen LogP contribution in [0.1, 0.15) is 17.7 Å². The van der Waals surface area contributed by atoms with E-state index in [9.17, 15) is 4.79 Å². The van der Waals surface area contributed by atoms with Gasteiger partial charge in [-0.05, 0) is 18.4 Å². The zero-order valence-electron chi connectivity index (χ0n) is 7.95. The number of aromatic amines is 1. The molecule has 14 heavy (non-hydrogen) atoms. The Kier molecular flexibility index (Phi) is 3.52. The summed E-state index contributed by atoms with van der Waals surface area (Å²) in [6, 6.07) is 0.